The van der Waals surface area contributed by atoms with Crippen molar-refractivity contribution < 1.29 is 9.34 Å². The van der Waals surface area contributed by atoms with Crippen molar-refractivity contribution in [3.8, 4) is 0 Å². The first-order chi connectivity index (χ1) is 8.63. The van der Waals surface area contributed by atoms with E-state index >= 15 is 0 Å². The van der Waals surface area contributed by atoms with E-state index in [4.69, 9.17) is 4.42 Å². The Morgan fingerprint density at radius 1 is 1.61 bits per heavy atom. The Morgan fingerprint density at radius 3 is 3.06 bits per heavy atom. The number of rotatable bonds is 4. The molecule has 1 N–H and O–H groups in total. The summed E-state index contributed by atoms with van der Waals surface area (Å²) in [6.45, 7) is 3.05. The number of hydrogen-bond donors (Lipinski definition) is 1. The van der Waals surface area contributed by atoms with E-state index < -0.39 is 4.92 Å². The third-order valence-electron chi connectivity index (χ3n) is 3.37. The molecule has 1 aliphatic carbocycles. The zero-order valence-corrected chi connectivity index (χ0v) is 9.92. The van der Waals surface area contributed by atoms with Gasteiger partial charge < -0.3 is 9.73 Å². The molecule has 0 saturated heterocycles. The Labute approximate surface area is 103 Å². The zero-order valence-electron chi connectivity index (χ0n) is 9.92. The zero-order chi connectivity index (χ0) is 12.7. The summed E-state index contributed by atoms with van der Waals surface area (Å²) in [6.07, 6.45) is 1.23. The maximum Gasteiger partial charge on any atom is 0.295 e. The molecule has 6 nitrogen and oxygen atoms in total. The SMILES string of the molecule is CC1CC1CNc1nc2cc([N+](=O)[O-])ccc2o1. The van der Waals surface area contributed by atoms with Gasteiger partial charge in [-0.3, -0.25) is 10.1 Å². The highest BCUT2D eigenvalue weighted by atomic mass is 16.6. The molecule has 0 radical (unpaired) electrons. The second kappa shape index (κ2) is 3.97. The van der Waals surface area contributed by atoms with Crippen molar-refractivity contribution in [2.75, 3.05) is 11.9 Å². The molecule has 6 heteroatoms. The third-order valence-corrected chi connectivity index (χ3v) is 3.37. The van der Waals surface area contributed by atoms with Crippen LogP contribution in [0, 0.1) is 22.0 Å². The molecule has 2 unspecified atom stereocenters. The monoisotopic (exact) mass is 247 g/mol. The van der Waals surface area contributed by atoms with Crippen molar-refractivity contribution in [3.05, 3.63) is 28.3 Å². The number of anilines is 1. The van der Waals surface area contributed by atoms with E-state index in [1.807, 2.05) is 0 Å². The summed E-state index contributed by atoms with van der Waals surface area (Å²) < 4.78 is 5.47. The quantitative estimate of drug-likeness (QED) is 0.663. The number of nitrogens with zero attached hydrogens (tertiary/aromatic N) is 2. The number of benzene rings is 1. The summed E-state index contributed by atoms with van der Waals surface area (Å²) in [7, 11) is 0. The molecule has 0 spiro atoms. The first-order valence-electron chi connectivity index (χ1n) is 5.92. The molecule has 1 aromatic carbocycles. The van der Waals surface area contributed by atoms with E-state index in [0.717, 1.165) is 12.5 Å². The summed E-state index contributed by atoms with van der Waals surface area (Å²) in [5.74, 6) is 1.46. The molecule has 1 heterocycles. The van der Waals surface area contributed by atoms with E-state index in [2.05, 4.69) is 17.2 Å². The highest BCUT2D eigenvalue weighted by Crippen LogP contribution is 2.37. The molecule has 0 bridgehead atoms. The average Bonchev–Trinajstić information content (AvgIpc) is 2.89. The summed E-state index contributed by atoms with van der Waals surface area (Å²) in [5.41, 5.74) is 1.10. The van der Waals surface area contributed by atoms with Crippen LogP contribution in [0.1, 0.15) is 13.3 Å². The highest BCUT2D eigenvalue weighted by Gasteiger charge is 2.32. The number of nitro benzene ring substituents is 1. The molecule has 18 heavy (non-hydrogen) atoms. The molecule has 2 atom stereocenters. The van der Waals surface area contributed by atoms with Gasteiger partial charge in [0, 0.05) is 18.7 Å². The van der Waals surface area contributed by atoms with E-state index in [1.165, 1.54) is 18.6 Å². The van der Waals surface area contributed by atoms with Gasteiger partial charge in [0.25, 0.3) is 11.7 Å². The number of aromatic nitrogens is 1. The van der Waals surface area contributed by atoms with Crippen LogP contribution in [-0.2, 0) is 0 Å². The lowest BCUT2D eigenvalue weighted by atomic mass is 10.3. The standard InChI is InChI=1S/C12H13N3O3/c1-7-4-8(7)6-13-12-14-10-5-9(15(16)17)2-3-11(10)18-12/h2-3,5,7-8H,4,6H2,1H3,(H,13,14). The Morgan fingerprint density at radius 2 is 2.39 bits per heavy atom. The van der Waals surface area contributed by atoms with Crippen molar-refractivity contribution in [2.45, 2.75) is 13.3 Å². The van der Waals surface area contributed by atoms with Crippen molar-refractivity contribution in [1.82, 2.24) is 4.98 Å². The fraction of sp³-hybridized carbons (Fsp3) is 0.417. The second-order valence-electron chi connectivity index (χ2n) is 4.78. The fourth-order valence-electron chi connectivity index (χ4n) is 2.01. The third kappa shape index (κ3) is 2.01. The smallest absolute Gasteiger partial charge is 0.295 e. The van der Waals surface area contributed by atoms with Gasteiger partial charge in [-0.25, -0.2) is 0 Å². The van der Waals surface area contributed by atoms with Gasteiger partial charge in [0.05, 0.1) is 4.92 Å². The predicted octanol–water partition coefficient (Wildman–Crippen LogP) is 2.80. The summed E-state index contributed by atoms with van der Waals surface area (Å²) >= 11 is 0. The van der Waals surface area contributed by atoms with Gasteiger partial charge in [-0.15, -0.1) is 0 Å². The lowest BCUT2D eigenvalue weighted by Gasteiger charge is -1.97. The van der Waals surface area contributed by atoms with Crippen LogP contribution in [0.4, 0.5) is 11.7 Å². The topological polar surface area (TPSA) is 81.2 Å². The summed E-state index contributed by atoms with van der Waals surface area (Å²) in [5, 5.41) is 13.8. The normalized spacial score (nSPS) is 22.1. The maximum absolute atomic E-state index is 10.6. The second-order valence-corrected chi connectivity index (χ2v) is 4.78. The van der Waals surface area contributed by atoms with Crippen LogP contribution in [0.15, 0.2) is 22.6 Å². The molecule has 1 fully saturated rings. The van der Waals surface area contributed by atoms with Crippen LogP contribution in [-0.4, -0.2) is 16.5 Å². The maximum atomic E-state index is 10.6. The van der Waals surface area contributed by atoms with E-state index in [0.29, 0.717) is 23.0 Å². The number of non-ortho nitro benzene ring substituents is 1. The highest BCUT2D eigenvalue weighted by molar-refractivity contribution is 5.77. The average molecular weight is 247 g/mol. The van der Waals surface area contributed by atoms with Crippen molar-refractivity contribution >= 4 is 22.8 Å². The van der Waals surface area contributed by atoms with Crippen LogP contribution < -0.4 is 5.32 Å². The number of nitro groups is 1. The molecule has 0 aliphatic heterocycles. The molecule has 94 valence electrons. The molecular formula is C12H13N3O3. The minimum Gasteiger partial charge on any atom is -0.424 e. The predicted molar refractivity (Wildman–Crippen MR) is 66.4 cm³/mol. The van der Waals surface area contributed by atoms with Gasteiger partial charge in [-0.1, -0.05) is 6.92 Å². The van der Waals surface area contributed by atoms with Crippen LogP contribution in [0.5, 0.6) is 0 Å². The Bertz CT molecular complexity index is 608. The van der Waals surface area contributed by atoms with Gasteiger partial charge in [-0.05, 0) is 24.3 Å². The van der Waals surface area contributed by atoms with E-state index in [-0.39, 0.29) is 5.69 Å². The Hall–Kier alpha value is -2.11. The fourth-order valence-corrected chi connectivity index (χ4v) is 2.01. The lowest BCUT2D eigenvalue weighted by molar-refractivity contribution is -0.384. The molecule has 3 rings (SSSR count). The molecule has 2 aromatic rings. The van der Waals surface area contributed by atoms with E-state index in [9.17, 15) is 10.1 Å². The van der Waals surface area contributed by atoms with E-state index in [1.54, 1.807) is 6.07 Å². The van der Waals surface area contributed by atoms with Gasteiger partial charge in [0.2, 0.25) is 0 Å². The lowest BCUT2D eigenvalue weighted by Crippen LogP contribution is -2.04. The number of nitrogens with one attached hydrogen (secondary N) is 1. The van der Waals surface area contributed by atoms with Gasteiger partial charge in [0.15, 0.2) is 5.58 Å². The molecular weight excluding hydrogens is 234 g/mol. The largest absolute Gasteiger partial charge is 0.424 e. The van der Waals surface area contributed by atoms with Crippen LogP contribution >= 0.6 is 0 Å². The molecule has 0 amide bonds. The number of fused-ring (bicyclic) bond motifs is 1. The van der Waals surface area contributed by atoms with Gasteiger partial charge >= 0.3 is 0 Å². The number of hydrogen-bond acceptors (Lipinski definition) is 5. The molecule has 1 aromatic heterocycles. The minimum atomic E-state index is -0.437. The van der Waals surface area contributed by atoms with Gasteiger partial charge in [0.1, 0.15) is 5.52 Å². The van der Waals surface area contributed by atoms with Crippen molar-refractivity contribution in [1.29, 1.82) is 0 Å². The molecule has 1 saturated carbocycles. The number of oxazole rings is 1. The van der Waals surface area contributed by atoms with Gasteiger partial charge in [-0.2, -0.15) is 4.98 Å². The van der Waals surface area contributed by atoms with Crippen molar-refractivity contribution in [3.63, 3.8) is 0 Å². The Balaban J connectivity index is 1.79. The molecule has 1 aliphatic rings. The van der Waals surface area contributed by atoms with Crippen molar-refractivity contribution in [2.24, 2.45) is 11.8 Å². The minimum absolute atomic E-state index is 0.0261. The van der Waals surface area contributed by atoms with Crippen LogP contribution in [0.3, 0.4) is 0 Å². The van der Waals surface area contributed by atoms with Crippen LogP contribution in [0.2, 0.25) is 0 Å². The summed E-state index contributed by atoms with van der Waals surface area (Å²) in [4.78, 5) is 14.4. The Kier molecular flexibility index (Phi) is 2.43. The first kappa shape index (κ1) is 11.0. The van der Waals surface area contributed by atoms with Crippen LogP contribution in [0.25, 0.3) is 11.1 Å². The summed E-state index contributed by atoms with van der Waals surface area (Å²) in [6, 6.07) is 4.85. The first-order valence-corrected chi connectivity index (χ1v) is 5.92.